The number of rotatable bonds is 4. The lowest BCUT2D eigenvalue weighted by atomic mass is 10.2. The number of hydrogen-bond donors (Lipinski definition) is 0. The van der Waals surface area contributed by atoms with E-state index >= 15 is 0 Å². The summed E-state index contributed by atoms with van der Waals surface area (Å²) in [4.78, 5) is 8.01. The van der Waals surface area contributed by atoms with Gasteiger partial charge in [0.15, 0.2) is 9.84 Å². The predicted molar refractivity (Wildman–Crippen MR) is 79.5 cm³/mol. The topological polar surface area (TPSA) is 85.9 Å². The van der Waals surface area contributed by atoms with E-state index in [0.717, 1.165) is 12.1 Å². The third-order valence-corrected chi connectivity index (χ3v) is 5.40. The van der Waals surface area contributed by atoms with Crippen molar-refractivity contribution in [3.05, 3.63) is 60.5 Å². The number of aromatic nitrogens is 3. The van der Waals surface area contributed by atoms with Gasteiger partial charge in [0, 0.05) is 18.0 Å². The number of sulfone groups is 1. The molecule has 0 aliphatic carbocycles. The summed E-state index contributed by atoms with van der Waals surface area (Å²) in [6, 6.07) is 7.98. The third-order valence-electron chi connectivity index (χ3n) is 3.34. The molecule has 0 saturated heterocycles. The molecule has 2 aromatic heterocycles. The highest BCUT2D eigenvalue weighted by Crippen LogP contribution is 2.28. The Balaban J connectivity index is 1.93. The zero-order chi connectivity index (χ0) is 16.4. The molecular weight excluding hydrogens is 321 g/mol. The molecule has 23 heavy (non-hydrogen) atoms. The van der Waals surface area contributed by atoms with Crippen molar-refractivity contribution in [1.29, 1.82) is 0 Å². The van der Waals surface area contributed by atoms with Crippen molar-refractivity contribution in [2.75, 3.05) is 0 Å². The second-order valence-corrected chi connectivity index (χ2v) is 7.10. The summed E-state index contributed by atoms with van der Waals surface area (Å²) < 4.78 is 43.1. The highest BCUT2D eigenvalue weighted by atomic mass is 32.2. The molecule has 1 atom stereocenters. The minimum atomic E-state index is -3.75. The van der Waals surface area contributed by atoms with Gasteiger partial charge < -0.3 is 4.52 Å². The fourth-order valence-corrected chi connectivity index (χ4v) is 3.26. The van der Waals surface area contributed by atoms with Crippen LogP contribution in [0.25, 0.3) is 11.4 Å². The van der Waals surface area contributed by atoms with Crippen LogP contribution in [0.1, 0.15) is 18.1 Å². The lowest BCUT2D eigenvalue weighted by Gasteiger charge is -2.08. The normalized spacial score (nSPS) is 13.0. The van der Waals surface area contributed by atoms with E-state index in [1.54, 1.807) is 24.5 Å². The molecule has 0 aliphatic heterocycles. The molecule has 0 N–H and O–H groups in total. The van der Waals surface area contributed by atoms with Crippen LogP contribution in [-0.4, -0.2) is 23.5 Å². The van der Waals surface area contributed by atoms with Crippen LogP contribution in [0.15, 0.2) is 58.2 Å². The Hall–Kier alpha value is -2.61. The van der Waals surface area contributed by atoms with Crippen LogP contribution in [-0.2, 0) is 9.84 Å². The maximum Gasteiger partial charge on any atom is 0.245 e. The van der Waals surface area contributed by atoms with E-state index in [-0.39, 0.29) is 16.6 Å². The Kier molecular flexibility index (Phi) is 3.91. The van der Waals surface area contributed by atoms with Gasteiger partial charge >= 0.3 is 0 Å². The SMILES string of the molecule is CC(c1nc(-c2ccncc2)no1)S(=O)(=O)c1ccc(F)cc1. The van der Waals surface area contributed by atoms with E-state index in [2.05, 4.69) is 15.1 Å². The first kappa shape index (κ1) is 15.3. The maximum atomic E-state index is 12.9. The Bertz CT molecular complexity index is 909. The van der Waals surface area contributed by atoms with E-state index < -0.39 is 20.9 Å². The second-order valence-electron chi connectivity index (χ2n) is 4.83. The molecule has 3 aromatic rings. The summed E-state index contributed by atoms with van der Waals surface area (Å²) in [5.41, 5.74) is 0.668. The summed E-state index contributed by atoms with van der Waals surface area (Å²) in [5, 5.41) is 2.75. The molecule has 0 amide bonds. The molecule has 118 valence electrons. The summed E-state index contributed by atoms with van der Waals surface area (Å²) >= 11 is 0. The van der Waals surface area contributed by atoms with Gasteiger partial charge in [-0.05, 0) is 43.3 Å². The monoisotopic (exact) mass is 333 g/mol. The molecule has 0 aliphatic rings. The number of benzene rings is 1. The first-order valence-electron chi connectivity index (χ1n) is 6.72. The van der Waals surface area contributed by atoms with Crippen LogP contribution in [0.5, 0.6) is 0 Å². The number of halogens is 1. The minimum Gasteiger partial charge on any atom is -0.338 e. The molecule has 8 heteroatoms. The standard InChI is InChI=1S/C15H12FN3O3S/c1-10(23(20,21)13-4-2-12(16)3-5-13)15-18-14(19-22-15)11-6-8-17-9-7-11/h2-10H,1H3. The summed E-state index contributed by atoms with van der Waals surface area (Å²) in [6.07, 6.45) is 3.15. The van der Waals surface area contributed by atoms with Crippen molar-refractivity contribution >= 4 is 9.84 Å². The van der Waals surface area contributed by atoms with Crippen molar-refractivity contribution in [2.45, 2.75) is 17.1 Å². The van der Waals surface area contributed by atoms with Crippen LogP contribution in [0.3, 0.4) is 0 Å². The smallest absolute Gasteiger partial charge is 0.245 e. The van der Waals surface area contributed by atoms with Gasteiger partial charge in [-0.15, -0.1) is 0 Å². The minimum absolute atomic E-state index is 0.00457. The molecule has 0 bridgehead atoms. The van der Waals surface area contributed by atoms with Crippen LogP contribution < -0.4 is 0 Å². The fourth-order valence-electron chi connectivity index (χ4n) is 1.98. The average Bonchev–Trinajstić information content (AvgIpc) is 3.05. The van der Waals surface area contributed by atoms with Crippen LogP contribution in [0.2, 0.25) is 0 Å². The Morgan fingerprint density at radius 2 is 1.74 bits per heavy atom. The molecule has 0 fully saturated rings. The fraction of sp³-hybridized carbons (Fsp3) is 0.133. The molecule has 1 aromatic carbocycles. The van der Waals surface area contributed by atoms with Gasteiger partial charge in [-0.25, -0.2) is 12.8 Å². The molecule has 0 spiro atoms. The van der Waals surface area contributed by atoms with Gasteiger partial charge in [0.05, 0.1) is 4.90 Å². The molecular formula is C15H12FN3O3S. The van der Waals surface area contributed by atoms with Crippen molar-refractivity contribution in [3.63, 3.8) is 0 Å². The summed E-state index contributed by atoms with van der Waals surface area (Å²) in [5.74, 6) is -0.251. The summed E-state index contributed by atoms with van der Waals surface area (Å²) in [6.45, 7) is 1.45. The first-order chi connectivity index (χ1) is 11.0. The van der Waals surface area contributed by atoms with Gasteiger partial charge in [-0.2, -0.15) is 4.98 Å². The largest absolute Gasteiger partial charge is 0.338 e. The van der Waals surface area contributed by atoms with Crippen molar-refractivity contribution in [2.24, 2.45) is 0 Å². The van der Waals surface area contributed by atoms with Gasteiger partial charge in [-0.3, -0.25) is 4.98 Å². The van der Waals surface area contributed by atoms with Gasteiger partial charge in [0.25, 0.3) is 0 Å². The van der Waals surface area contributed by atoms with Crippen LogP contribution in [0.4, 0.5) is 4.39 Å². The van der Waals surface area contributed by atoms with Gasteiger partial charge in [0.2, 0.25) is 11.7 Å². The van der Waals surface area contributed by atoms with E-state index in [1.165, 1.54) is 19.1 Å². The number of hydrogen-bond acceptors (Lipinski definition) is 6. The van der Waals surface area contributed by atoms with E-state index in [0.29, 0.717) is 5.56 Å². The molecule has 6 nitrogen and oxygen atoms in total. The Morgan fingerprint density at radius 3 is 2.39 bits per heavy atom. The van der Waals surface area contributed by atoms with E-state index in [4.69, 9.17) is 4.52 Å². The van der Waals surface area contributed by atoms with Gasteiger partial charge in [0.1, 0.15) is 11.1 Å². The third kappa shape index (κ3) is 2.98. The van der Waals surface area contributed by atoms with Crippen molar-refractivity contribution in [1.82, 2.24) is 15.1 Å². The summed E-state index contributed by atoms with van der Waals surface area (Å²) in [7, 11) is -3.75. The Labute approximate surface area is 131 Å². The lowest BCUT2D eigenvalue weighted by molar-refractivity contribution is 0.377. The van der Waals surface area contributed by atoms with E-state index in [1.807, 2.05) is 0 Å². The van der Waals surface area contributed by atoms with Crippen molar-refractivity contribution < 1.29 is 17.3 Å². The van der Waals surface area contributed by atoms with E-state index in [9.17, 15) is 12.8 Å². The predicted octanol–water partition coefficient (Wildman–Crippen LogP) is 2.81. The molecule has 0 radical (unpaired) electrons. The van der Waals surface area contributed by atoms with Crippen molar-refractivity contribution in [3.8, 4) is 11.4 Å². The number of pyridine rings is 1. The van der Waals surface area contributed by atoms with Crippen LogP contribution >= 0.6 is 0 Å². The molecule has 2 heterocycles. The quantitative estimate of drug-likeness (QED) is 0.682. The number of nitrogens with zero attached hydrogens (tertiary/aromatic N) is 3. The zero-order valence-corrected chi connectivity index (χ0v) is 12.9. The highest BCUT2D eigenvalue weighted by Gasteiger charge is 2.30. The maximum absolute atomic E-state index is 12.9. The highest BCUT2D eigenvalue weighted by molar-refractivity contribution is 7.91. The molecule has 1 unspecified atom stereocenters. The molecule has 0 saturated carbocycles. The van der Waals surface area contributed by atoms with Gasteiger partial charge in [-0.1, -0.05) is 5.16 Å². The lowest BCUT2D eigenvalue weighted by Crippen LogP contribution is -2.11. The zero-order valence-electron chi connectivity index (χ0n) is 12.0. The van der Waals surface area contributed by atoms with Crippen LogP contribution in [0, 0.1) is 5.82 Å². The molecule has 3 rings (SSSR count). The first-order valence-corrected chi connectivity index (χ1v) is 8.26. The average molecular weight is 333 g/mol. The second kappa shape index (κ2) is 5.88. The Morgan fingerprint density at radius 1 is 1.09 bits per heavy atom.